The zero-order chi connectivity index (χ0) is 25.6. The van der Waals surface area contributed by atoms with E-state index in [0.29, 0.717) is 19.6 Å². The monoisotopic (exact) mass is 487 g/mol. The highest BCUT2D eigenvalue weighted by Crippen LogP contribution is 2.18. The van der Waals surface area contributed by atoms with Crippen LogP contribution in [0.5, 0.6) is 11.5 Å². The third-order valence-electron chi connectivity index (χ3n) is 5.50. The lowest BCUT2D eigenvalue weighted by Gasteiger charge is -2.25. The number of phenolic OH excluding ortho intramolecular Hbond substituents is 2. The standard InChI is InChI=1S/C17H17NO2.C12H16N2O2/c19-16-10-8-15(9-11-16)17(20)13-18-12-4-7-14-5-2-1-3-6-14;15-11-4-2-10(3-5-11)12(16)8-14-7-1-6-13-9-14/h1-3,5-6,8-11,17-20H,12-13H2;2-5,9,12,15-16H,1,6-8H2. The summed E-state index contributed by atoms with van der Waals surface area (Å²) in [5, 5.41) is 41.3. The molecule has 0 aliphatic carbocycles. The molecule has 0 amide bonds. The number of nitrogens with zero attached hydrogens (tertiary/aromatic N) is 2. The van der Waals surface area contributed by atoms with Crippen molar-refractivity contribution in [3.8, 4) is 23.3 Å². The van der Waals surface area contributed by atoms with E-state index < -0.39 is 12.2 Å². The SMILES string of the molecule is Oc1ccc(C(O)CN2C=NCCC2)cc1.Oc1ccc(C(O)CNCC#Cc2ccccc2)cc1. The molecule has 0 fully saturated rings. The quantitative estimate of drug-likeness (QED) is 0.259. The molecule has 1 heterocycles. The van der Waals surface area contributed by atoms with E-state index in [-0.39, 0.29) is 11.5 Å². The Morgan fingerprint density at radius 3 is 2.03 bits per heavy atom. The van der Waals surface area contributed by atoms with Crippen molar-refractivity contribution in [1.82, 2.24) is 10.2 Å². The first-order chi connectivity index (χ1) is 17.5. The number of β-amino-alcohol motifs (C(OH)–C–C–N with tert-alkyl or cyclic N) is 1. The maximum atomic E-state index is 9.98. The zero-order valence-electron chi connectivity index (χ0n) is 20.2. The molecule has 0 spiro atoms. The molecule has 7 heteroatoms. The smallest absolute Gasteiger partial charge is 0.115 e. The van der Waals surface area contributed by atoms with Crippen LogP contribution in [0, 0.1) is 11.8 Å². The summed E-state index contributed by atoms with van der Waals surface area (Å²) in [5.41, 5.74) is 2.57. The Bertz CT molecular complexity index is 1120. The van der Waals surface area contributed by atoms with Gasteiger partial charge in [0.25, 0.3) is 0 Å². The lowest BCUT2D eigenvalue weighted by atomic mass is 10.1. The maximum absolute atomic E-state index is 9.98. The molecular weight excluding hydrogens is 454 g/mol. The van der Waals surface area contributed by atoms with Gasteiger partial charge in [-0.25, -0.2) is 0 Å². The third-order valence-corrected chi connectivity index (χ3v) is 5.50. The van der Waals surface area contributed by atoms with Gasteiger partial charge in [-0.1, -0.05) is 54.3 Å². The van der Waals surface area contributed by atoms with E-state index >= 15 is 0 Å². The lowest BCUT2D eigenvalue weighted by molar-refractivity contribution is 0.143. The van der Waals surface area contributed by atoms with Gasteiger partial charge in [0.15, 0.2) is 0 Å². The van der Waals surface area contributed by atoms with Crippen LogP contribution in [0.1, 0.15) is 35.3 Å². The van der Waals surface area contributed by atoms with E-state index in [2.05, 4.69) is 22.2 Å². The van der Waals surface area contributed by atoms with Crippen LogP contribution in [0.25, 0.3) is 0 Å². The van der Waals surface area contributed by atoms with Crippen LogP contribution >= 0.6 is 0 Å². The van der Waals surface area contributed by atoms with Gasteiger partial charge in [0.1, 0.15) is 11.5 Å². The summed E-state index contributed by atoms with van der Waals surface area (Å²) in [5.74, 6) is 6.46. The molecule has 3 aromatic rings. The normalized spacial score (nSPS) is 14.1. The van der Waals surface area contributed by atoms with Gasteiger partial charge in [0.05, 0.1) is 25.1 Å². The van der Waals surface area contributed by atoms with Crippen LogP contribution < -0.4 is 5.32 Å². The highest BCUT2D eigenvalue weighted by atomic mass is 16.3. The van der Waals surface area contributed by atoms with Gasteiger partial charge in [-0.2, -0.15) is 0 Å². The molecule has 7 nitrogen and oxygen atoms in total. The van der Waals surface area contributed by atoms with E-state index in [1.54, 1.807) is 54.9 Å². The molecule has 36 heavy (non-hydrogen) atoms. The number of hydrogen-bond donors (Lipinski definition) is 5. The van der Waals surface area contributed by atoms with Crippen LogP contribution in [0.15, 0.2) is 83.9 Å². The number of nitrogens with one attached hydrogen (secondary N) is 1. The summed E-state index contributed by atoms with van der Waals surface area (Å²) >= 11 is 0. The summed E-state index contributed by atoms with van der Waals surface area (Å²) < 4.78 is 0. The predicted octanol–water partition coefficient (Wildman–Crippen LogP) is 3.23. The number of aromatic hydroxyl groups is 2. The van der Waals surface area contributed by atoms with Crippen molar-refractivity contribution < 1.29 is 20.4 Å². The molecule has 0 saturated heterocycles. The number of benzene rings is 3. The lowest BCUT2D eigenvalue weighted by Crippen LogP contribution is -2.31. The molecule has 0 saturated carbocycles. The first kappa shape index (κ1) is 26.8. The molecule has 188 valence electrons. The molecule has 1 aliphatic heterocycles. The van der Waals surface area contributed by atoms with Crippen molar-refractivity contribution in [2.24, 2.45) is 4.99 Å². The van der Waals surface area contributed by atoms with Crippen molar-refractivity contribution in [3.63, 3.8) is 0 Å². The van der Waals surface area contributed by atoms with Crippen molar-refractivity contribution in [1.29, 1.82) is 0 Å². The largest absolute Gasteiger partial charge is 0.508 e. The molecule has 1 aliphatic rings. The first-order valence-electron chi connectivity index (χ1n) is 11.9. The van der Waals surface area contributed by atoms with E-state index in [9.17, 15) is 15.3 Å². The van der Waals surface area contributed by atoms with Gasteiger partial charge in [-0.15, -0.1) is 0 Å². The van der Waals surface area contributed by atoms with E-state index in [1.165, 1.54) is 0 Å². The van der Waals surface area contributed by atoms with E-state index in [0.717, 1.165) is 36.2 Å². The highest BCUT2D eigenvalue weighted by Gasteiger charge is 2.13. The minimum absolute atomic E-state index is 0.197. The number of aliphatic hydroxyl groups is 2. The minimum Gasteiger partial charge on any atom is -0.508 e. The Morgan fingerprint density at radius 1 is 0.833 bits per heavy atom. The Balaban J connectivity index is 0.000000205. The summed E-state index contributed by atoms with van der Waals surface area (Å²) in [6.07, 6.45) is 1.70. The Labute approximate surface area is 212 Å². The Morgan fingerprint density at radius 2 is 1.44 bits per heavy atom. The molecule has 0 bridgehead atoms. The van der Waals surface area contributed by atoms with E-state index in [1.807, 2.05) is 35.2 Å². The fourth-order valence-electron chi connectivity index (χ4n) is 3.51. The molecule has 3 aromatic carbocycles. The minimum atomic E-state index is -0.603. The summed E-state index contributed by atoms with van der Waals surface area (Å²) in [6, 6.07) is 23.0. The molecule has 0 aromatic heterocycles. The first-order valence-corrected chi connectivity index (χ1v) is 11.9. The van der Waals surface area contributed by atoms with Gasteiger partial charge in [-0.3, -0.25) is 4.99 Å². The van der Waals surface area contributed by atoms with Crippen molar-refractivity contribution >= 4 is 6.34 Å². The second-order valence-corrected chi connectivity index (χ2v) is 8.38. The Kier molecular flexibility index (Phi) is 10.8. The maximum Gasteiger partial charge on any atom is 0.115 e. The van der Waals surface area contributed by atoms with Gasteiger partial charge < -0.3 is 30.6 Å². The molecular formula is C29H33N3O4. The average Bonchev–Trinajstić information content (AvgIpc) is 2.91. The molecule has 2 atom stereocenters. The van der Waals surface area contributed by atoms with Crippen molar-refractivity contribution in [2.45, 2.75) is 18.6 Å². The molecule has 2 unspecified atom stereocenters. The summed E-state index contributed by atoms with van der Waals surface area (Å²) in [4.78, 5) is 6.18. The number of aliphatic hydroxyl groups excluding tert-OH is 2. The summed E-state index contributed by atoms with van der Waals surface area (Å²) in [6.45, 7) is 3.32. The molecule has 5 N–H and O–H groups in total. The van der Waals surface area contributed by atoms with Crippen molar-refractivity contribution in [3.05, 3.63) is 95.6 Å². The van der Waals surface area contributed by atoms with Crippen LogP contribution in [-0.4, -0.2) is 64.4 Å². The second kappa shape index (κ2) is 14.5. The molecule has 0 radical (unpaired) electrons. The van der Waals surface area contributed by atoms with Gasteiger partial charge >= 0.3 is 0 Å². The van der Waals surface area contributed by atoms with Crippen LogP contribution in [0.4, 0.5) is 0 Å². The van der Waals surface area contributed by atoms with Gasteiger partial charge in [0.2, 0.25) is 0 Å². The van der Waals surface area contributed by atoms with Crippen molar-refractivity contribution in [2.75, 3.05) is 32.7 Å². The zero-order valence-corrected chi connectivity index (χ0v) is 20.2. The topological polar surface area (TPSA) is 109 Å². The number of hydrogen-bond acceptors (Lipinski definition) is 7. The highest BCUT2D eigenvalue weighted by molar-refractivity contribution is 5.55. The van der Waals surface area contributed by atoms with E-state index in [4.69, 9.17) is 5.11 Å². The van der Waals surface area contributed by atoms with Gasteiger partial charge in [-0.05, 0) is 53.9 Å². The number of phenols is 2. The average molecular weight is 488 g/mol. The predicted molar refractivity (Wildman–Crippen MR) is 142 cm³/mol. The number of aliphatic imine (C=N–C) groups is 1. The van der Waals surface area contributed by atoms with Crippen LogP contribution in [0.2, 0.25) is 0 Å². The number of rotatable bonds is 7. The van der Waals surface area contributed by atoms with Gasteiger partial charge in [0, 0.05) is 31.7 Å². The summed E-state index contributed by atoms with van der Waals surface area (Å²) in [7, 11) is 0. The third kappa shape index (κ3) is 9.43. The molecule has 4 rings (SSSR count). The van der Waals surface area contributed by atoms with Crippen LogP contribution in [-0.2, 0) is 0 Å². The fraction of sp³-hybridized carbons (Fsp3) is 0.276. The van der Waals surface area contributed by atoms with Crippen LogP contribution in [0.3, 0.4) is 0 Å². The fourth-order valence-corrected chi connectivity index (χ4v) is 3.51. The second-order valence-electron chi connectivity index (χ2n) is 8.38. The Hall–Kier alpha value is -3.83.